The van der Waals surface area contributed by atoms with Crippen LogP contribution >= 0.6 is 0 Å². The summed E-state index contributed by atoms with van der Waals surface area (Å²) in [5.74, 6) is 0.729. The van der Waals surface area contributed by atoms with E-state index < -0.39 is 4.92 Å². The first-order valence-corrected chi connectivity index (χ1v) is 7.48. The highest BCUT2D eigenvalue weighted by Crippen LogP contribution is 2.31. The van der Waals surface area contributed by atoms with E-state index in [9.17, 15) is 10.1 Å². The topological polar surface area (TPSA) is 65.5 Å². The van der Waals surface area contributed by atoms with Crippen molar-refractivity contribution >= 4 is 27.6 Å². The molecule has 3 aromatic carbocycles. The lowest BCUT2D eigenvalue weighted by atomic mass is 10.1. The predicted octanol–water partition coefficient (Wildman–Crippen LogP) is 5.07. The third kappa shape index (κ3) is 2.56. The van der Waals surface area contributed by atoms with Crippen LogP contribution in [0.2, 0.25) is 0 Å². The van der Waals surface area contributed by atoms with Gasteiger partial charge in [-0.05, 0) is 42.0 Å². The van der Waals surface area contributed by atoms with E-state index in [4.69, 9.17) is 9.15 Å². The van der Waals surface area contributed by atoms with Crippen LogP contribution in [0.25, 0.3) is 21.9 Å². The largest absolute Gasteiger partial charge is 0.489 e. The Balaban J connectivity index is 1.58. The minimum Gasteiger partial charge on any atom is -0.489 e. The zero-order valence-electron chi connectivity index (χ0n) is 12.6. The van der Waals surface area contributed by atoms with Crippen LogP contribution in [0.3, 0.4) is 0 Å². The Morgan fingerprint density at radius 1 is 0.917 bits per heavy atom. The lowest BCUT2D eigenvalue weighted by molar-refractivity contribution is -0.384. The van der Waals surface area contributed by atoms with Crippen LogP contribution in [0.4, 0.5) is 5.69 Å². The Morgan fingerprint density at radius 3 is 2.46 bits per heavy atom. The van der Waals surface area contributed by atoms with Gasteiger partial charge < -0.3 is 9.15 Å². The van der Waals surface area contributed by atoms with Crippen LogP contribution in [0.1, 0.15) is 5.56 Å². The predicted molar refractivity (Wildman–Crippen MR) is 91.1 cm³/mol. The number of fused-ring (bicyclic) bond motifs is 3. The maximum Gasteiger partial charge on any atom is 0.269 e. The van der Waals surface area contributed by atoms with E-state index in [0.717, 1.165) is 33.3 Å². The summed E-state index contributed by atoms with van der Waals surface area (Å²) >= 11 is 0. The molecule has 118 valence electrons. The van der Waals surface area contributed by atoms with Gasteiger partial charge >= 0.3 is 0 Å². The van der Waals surface area contributed by atoms with E-state index in [2.05, 4.69) is 0 Å². The second-order valence-electron chi connectivity index (χ2n) is 5.47. The number of furan rings is 1. The number of non-ortho nitro benzene ring substituents is 1. The molecule has 0 saturated carbocycles. The first kappa shape index (κ1) is 14.3. The third-order valence-corrected chi connectivity index (χ3v) is 3.90. The molecule has 0 aliphatic rings. The molecule has 0 aliphatic heterocycles. The summed E-state index contributed by atoms with van der Waals surface area (Å²) in [4.78, 5) is 10.2. The number of nitro benzene ring substituents is 1. The monoisotopic (exact) mass is 319 g/mol. The number of para-hydroxylation sites is 1. The zero-order valence-corrected chi connectivity index (χ0v) is 12.6. The molecule has 0 fully saturated rings. The lowest BCUT2D eigenvalue weighted by Crippen LogP contribution is -1.96. The van der Waals surface area contributed by atoms with Gasteiger partial charge in [0.05, 0.1) is 4.92 Å². The number of ether oxygens (including phenoxy) is 1. The van der Waals surface area contributed by atoms with Gasteiger partial charge in [-0.3, -0.25) is 10.1 Å². The van der Waals surface area contributed by atoms with E-state index in [1.165, 1.54) is 12.1 Å². The summed E-state index contributed by atoms with van der Waals surface area (Å²) in [6.45, 7) is 0.347. The molecule has 0 spiro atoms. The van der Waals surface area contributed by atoms with Gasteiger partial charge in [-0.15, -0.1) is 0 Å². The quantitative estimate of drug-likeness (QED) is 0.389. The summed E-state index contributed by atoms with van der Waals surface area (Å²) < 4.78 is 11.6. The highest BCUT2D eigenvalue weighted by molar-refractivity contribution is 6.05. The van der Waals surface area contributed by atoms with Crippen LogP contribution in [0, 0.1) is 10.1 Å². The second-order valence-corrected chi connectivity index (χ2v) is 5.47. The fourth-order valence-corrected chi connectivity index (χ4v) is 2.68. The van der Waals surface area contributed by atoms with Crippen LogP contribution in [-0.4, -0.2) is 4.92 Å². The molecule has 0 amide bonds. The van der Waals surface area contributed by atoms with Crippen molar-refractivity contribution in [1.82, 2.24) is 0 Å². The van der Waals surface area contributed by atoms with E-state index in [0.29, 0.717) is 6.61 Å². The summed E-state index contributed by atoms with van der Waals surface area (Å²) in [5.41, 5.74) is 2.61. The minimum atomic E-state index is -0.414. The van der Waals surface area contributed by atoms with Crippen molar-refractivity contribution in [2.45, 2.75) is 6.61 Å². The molecule has 1 heterocycles. The molecule has 0 radical (unpaired) electrons. The van der Waals surface area contributed by atoms with Gasteiger partial charge in [0.25, 0.3) is 5.69 Å². The van der Waals surface area contributed by atoms with Crippen molar-refractivity contribution in [3.05, 3.63) is 82.4 Å². The van der Waals surface area contributed by atoms with E-state index in [1.54, 1.807) is 12.1 Å². The van der Waals surface area contributed by atoms with Gasteiger partial charge in [-0.1, -0.05) is 18.2 Å². The van der Waals surface area contributed by atoms with Crippen LogP contribution < -0.4 is 4.74 Å². The van der Waals surface area contributed by atoms with E-state index >= 15 is 0 Å². The van der Waals surface area contributed by atoms with Gasteiger partial charge in [0.15, 0.2) is 0 Å². The average Bonchev–Trinajstić information content (AvgIpc) is 2.98. The van der Waals surface area contributed by atoms with Crippen LogP contribution in [0.5, 0.6) is 5.75 Å². The number of nitro groups is 1. The van der Waals surface area contributed by atoms with Gasteiger partial charge in [0.2, 0.25) is 0 Å². The van der Waals surface area contributed by atoms with Gasteiger partial charge in [-0.25, -0.2) is 0 Å². The highest BCUT2D eigenvalue weighted by Gasteiger charge is 2.08. The van der Waals surface area contributed by atoms with Crippen molar-refractivity contribution in [3.8, 4) is 5.75 Å². The lowest BCUT2D eigenvalue weighted by Gasteiger charge is -2.06. The maximum atomic E-state index is 10.7. The van der Waals surface area contributed by atoms with E-state index in [-0.39, 0.29) is 5.69 Å². The molecule has 0 bridgehead atoms. The Morgan fingerprint density at radius 2 is 1.67 bits per heavy atom. The van der Waals surface area contributed by atoms with Crippen LogP contribution in [0.15, 0.2) is 71.1 Å². The summed E-state index contributed by atoms with van der Waals surface area (Å²) in [6, 6.07) is 19.9. The average molecular weight is 319 g/mol. The molecule has 4 aromatic rings. The maximum absolute atomic E-state index is 10.7. The highest BCUT2D eigenvalue weighted by atomic mass is 16.6. The molecule has 0 saturated heterocycles. The molecule has 0 unspecified atom stereocenters. The fraction of sp³-hybridized carbons (Fsp3) is 0.0526. The summed E-state index contributed by atoms with van der Waals surface area (Å²) in [6.07, 6.45) is 0. The summed E-state index contributed by atoms with van der Waals surface area (Å²) in [5, 5.41) is 12.7. The van der Waals surface area contributed by atoms with Crippen molar-refractivity contribution < 1.29 is 14.1 Å². The SMILES string of the molecule is O=[N+]([O-])c1ccc(COc2ccc3oc4ccccc4c3c2)cc1. The first-order chi connectivity index (χ1) is 11.7. The second kappa shape index (κ2) is 5.70. The molecule has 5 nitrogen and oxygen atoms in total. The summed E-state index contributed by atoms with van der Waals surface area (Å²) in [7, 11) is 0. The zero-order chi connectivity index (χ0) is 16.5. The number of hydrogen-bond acceptors (Lipinski definition) is 4. The molecular weight excluding hydrogens is 306 g/mol. The van der Waals surface area contributed by atoms with Gasteiger partial charge in [0.1, 0.15) is 23.5 Å². The van der Waals surface area contributed by atoms with Crippen molar-refractivity contribution in [3.63, 3.8) is 0 Å². The number of hydrogen-bond donors (Lipinski definition) is 0. The number of benzene rings is 3. The van der Waals surface area contributed by atoms with E-state index in [1.807, 2.05) is 42.5 Å². The Kier molecular flexibility index (Phi) is 3.39. The molecule has 5 heteroatoms. The Labute approximate surface area is 137 Å². The molecule has 0 aliphatic carbocycles. The fourth-order valence-electron chi connectivity index (χ4n) is 2.68. The van der Waals surface area contributed by atoms with Crippen molar-refractivity contribution in [2.24, 2.45) is 0 Å². The first-order valence-electron chi connectivity index (χ1n) is 7.48. The molecule has 0 atom stereocenters. The van der Waals surface area contributed by atoms with Crippen LogP contribution in [-0.2, 0) is 6.61 Å². The molecule has 24 heavy (non-hydrogen) atoms. The molecule has 0 N–H and O–H groups in total. The minimum absolute atomic E-state index is 0.0741. The van der Waals surface area contributed by atoms with Crippen molar-refractivity contribution in [1.29, 1.82) is 0 Å². The van der Waals surface area contributed by atoms with Gasteiger partial charge in [-0.2, -0.15) is 0 Å². The van der Waals surface area contributed by atoms with Gasteiger partial charge in [0, 0.05) is 22.9 Å². The smallest absolute Gasteiger partial charge is 0.269 e. The molecule has 4 rings (SSSR count). The Hall–Kier alpha value is -3.34. The third-order valence-electron chi connectivity index (χ3n) is 3.90. The van der Waals surface area contributed by atoms with Crippen molar-refractivity contribution in [2.75, 3.05) is 0 Å². The molecule has 1 aromatic heterocycles. The number of rotatable bonds is 4. The Bertz CT molecular complexity index is 1030. The normalized spacial score (nSPS) is 11.0. The number of nitrogens with zero attached hydrogens (tertiary/aromatic N) is 1. The standard InChI is InChI=1S/C19H13NO4/c21-20(22)14-7-5-13(6-8-14)12-23-15-9-10-19-17(11-15)16-3-1-2-4-18(16)24-19/h1-11H,12H2. The molecular formula is C19H13NO4.